The zero-order valence-corrected chi connectivity index (χ0v) is 12.6. The monoisotopic (exact) mass is 292 g/mol. The Balaban J connectivity index is 1.93. The molecule has 116 valence electrons. The van der Waals surface area contributed by atoms with E-state index in [0.29, 0.717) is 13.2 Å². The highest BCUT2D eigenvalue weighted by molar-refractivity contribution is 5.64. The number of benzene rings is 1. The molecular weight excluding hydrogens is 268 g/mol. The SMILES string of the molecule is COC[C@H]1CN(CCO)c2cc3c(cc2O1)CCNCC3. The molecule has 0 bridgehead atoms. The summed E-state index contributed by atoms with van der Waals surface area (Å²) >= 11 is 0. The van der Waals surface area contributed by atoms with E-state index in [0.717, 1.165) is 43.9 Å². The molecule has 1 aromatic rings. The largest absolute Gasteiger partial charge is 0.484 e. The molecule has 2 heterocycles. The highest BCUT2D eigenvalue weighted by atomic mass is 16.5. The van der Waals surface area contributed by atoms with E-state index in [2.05, 4.69) is 22.3 Å². The van der Waals surface area contributed by atoms with Crippen molar-refractivity contribution in [3.05, 3.63) is 23.3 Å². The van der Waals surface area contributed by atoms with Crippen LogP contribution in [0.3, 0.4) is 0 Å². The Morgan fingerprint density at radius 3 is 2.81 bits per heavy atom. The lowest BCUT2D eigenvalue weighted by molar-refractivity contribution is 0.0783. The Morgan fingerprint density at radius 1 is 1.33 bits per heavy atom. The Hall–Kier alpha value is -1.30. The van der Waals surface area contributed by atoms with Crippen LogP contribution in [-0.4, -0.2) is 57.7 Å². The van der Waals surface area contributed by atoms with Gasteiger partial charge >= 0.3 is 0 Å². The average molecular weight is 292 g/mol. The fourth-order valence-corrected chi connectivity index (χ4v) is 3.20. The maximum absolute atomic E-state index is 9.32. The van der Waals surface area contributed by atoms with E-state index in [1.165, 1.54) is 11.1 Å². The van der Waals surface area contributed by atoms with Gasteiger partial charge in [-0.1, -0.05) is 0 Å². The Kier molecular flexibility index (Phi) is 4.63. The summed E-state index contributed by atoms with van der Waals surface area (Å²) in [5.74, 6) is 0.928. The number of β-amino-alcohol motifs (C(OH)–C–C–N with tert-alkyl or cyclic N) is 1. The highest BCUT2D eigenvalue weighted by Gasteiger charge is 2.27. The molecule has 2 N–H and O–H groups in total. The van der Waals surface area contributed by atoms with Gasteiger partial charge in [-0.25, -0.2) is 0 Å². The van der Waals surface area contributed by atoms with Gasteiger partial charge in [0.2, 0.25) is 0 Å². The summed E-state index contributed by atoms with van der Waals surface area (Å²) in [6.07, 6.45) is 2.12. The second kappa shape index (κ2) is 6.64. The second-order valence-electron chi connectivity index (χ2n) is 5.70. The number of methoxy groups -OCH3 is 1. The number of aliphatic hydroxyl groups is 1. The lowest BCUT2D eigenvalue weighted by Crippen LogP contribution is -2.43. The van der Waals surface area contributed by atoms with Crippen LogP contribution in [0.15, 0.2) is 12.1 Å². The van der Waals surface area contributed by atoms with Crippen LogP contribution in [0.2, 0.25) is 0 Å². The Labute approximate surface area is 125 Å². The molecule has 5 nitrogen and oxygen atoms in total. The van der Waals surface area contributed by atoms with Crippen molar-refractivity contribution in [2.45, 2.75) is 18.9 Å². The topological polar surface area (TPSA) is 54.0 Å². The Bertz CT molecular complexity index is 493. The first-order valence-corrected chi connectivity index (χ1v) is 7.69. The number of aliphatic hydroxyl groups excluding tert-OH is 1. The highest BCUT2D eigenvalue weighted by Crippen LogP contribution is 2.36. The fraction of sp³-hybridized carbons (Fsp3) is 0.625. The lowest BCUT2D eigenvalue weighted by atomic mass is 10.00. The van der Waals surface area contributed by atoms with Gasteiger partial charge in [0.05, 0.1) is 25.4 Å². The fourth-order valence-electron chi connectivity index (χ4n) is 3.20. The number of fused-ring (bicyclic) bond motifs is 2. The van der Waals surface area contributed by atoms with Crippen molar-refractivity contribution in [1.29, 1.82) is 0 Å². The smallest absolute Gasteiger partial charge is 0.143 e. The molecule has 2 aliphatic heterocycles. The molecule has 0 spiro atoms. The van der Waals surface area contributed by atoms with E-state index in [1.54, 1.807) is 7.11 Å². The summed E-state index contributed by atoms with van der Waals surface area (Å²) in [5, 5.41) is 12.8. The second-order valence-corrected chi connectivity index (χ2v) is 5.70. The maximum Gasteiger partial charge on any atom is 0.143 e. The van der Waals surface area contributed by atoms with Gasteiger partial charge in [-0.3, -0.25) is 0 Å². The summed E-state index contributed by atoms with van der Waals surface area (Å²) in [7, 11) is 1.69. The van der Waals surface area contributed by atoms with Crippen molar-refractivity contribution in [1.82, 2.24) is 5.32 Å². The summed E-state index contributed by atoms with van der Waals surface area (Å²) in [5.41, 5.74) is 3.88. The van der Waals surface area contributed by atoms with Gasteiger partial charge < -0.3 is 24.8 Å². The van der Waals surface area contributed by atoms with E-state index < -0.39 is 0 Å². The quantitative estimate of drug-likeness (QED) is 0.850. The molecule has 3 rings (SSSR count). The molecule has 0 radical (unpaired) electrons. The van der Waals surface area contributed by atoms with Crippen LogP contribution in [-0.2, 0) is 17.6 Å². The third-order valence-electron chi connectivity index (χ3n) is 4.20. The number of ether oxygens (including phenoxy) is 2. The van der Waals surface area contributed by atoms with Gasteiger partial charge in [-0.05, 0) is 49.2 Å². The number of hydrogen-bond acceptors (Lipinski definition) is 5. The molecule has 0 aliphatic carbocycles. The van der Waals surface area contributed by atoms with Gasteiger partial charge in [-0.15, -0.1) is 0 Å². The predicted molar refractivity (Wildman–Crippen MR) is 82.3 cm³/mol. The first kappa shape index (κ1) is 14.6. The van der Waals surface area contributed by atoms with Crippen molar-refractivity contribution in [3.63, 3.8) is 0 Å². The van der Waals surface area contributed by atoms with Crippen molar-refractivity contribution >= 4 is 5.69 Å². The van der Waals surface area contributed by atoms with Crippen LogP contribution in [0.1, 0.15) is 11.1 Å². The molecule has 0 fully saturated rings. The predicted octanol–water partition coefficient (Wildman–Crippen LogP) is 0.581. The minimum absolute atomic E-state index is 0.0241. The molecule has 0 saturated heterocycles. The maximum atomic E-state index is 9.32. The van der Waals surface area contributed by atoms with Gasteiger partial charge in [0, 0.05) is 13.7 Å². The van der Waals surface area contributed by atoms with Crippen LogP contribution >= 0.6 is 0 Å². The molecule has 2 aliphatic rings. The number of anilines is 1. The van der Waals surface area contributed by atoms with Gasteiger partial charge in [0.1, 0.15) is 11.9 Å². The van der Waals surface area contributed by atoms with E-state index in [4.69, 9.17) is 9.47 Å². The Morgan fingerprint density at radius 2 is 2.10 bits per heavy atom. The van der Waals surface area contributed by atoms with Gasteiger partial charge in [-0.2, -0.15) is 0 Å². The van der Waals surface area contributed by atoms with E-state index in [1.807, 2.05) is 0 Å². The molecule has 1 aromatic carbocycles. The van der Waals surface area contributed by atoms with E-state index >= 15 is 0 Å². The first-order chi connectivity index (χ1) is 10.3. The van der Waals surface area contributed by atoms with Crippen molar-refractivity contribution < 1.29 is 14.6 Å². The minimum atomic E-state index is 0.0241. The van der Waals surface area contributed by atoms with E-state index in [9.17, 15) is 5.11 Å². The summed E-state index contributed by atoms with van der Waals surface area (Å²) in [6.45, 7) is 4.16. The molecule has 0 aromatic heterocycles. The third kappa shape index (κ3) is 3.15. The standard InChI is InChI=1S/C16H24N2O3/c1-20-11-14-10-18(6-7-19)15-8-12-2-4-17-5-3-13(12)9-16(15)21-14/h8-9,14,17,19H,2-7,10-11H2,1H3/t14-/m1/s1. The van der Waals surface area contributed by atoms with Crippen LogP contribution < -0.4 is 15.0 Å². The molecule has 0 amide bonds. The number of nitrogens with one attached hydrogen (secondary N) is 1. The normalized spacial score (nSPS) is 21.2. The molecule has 5 heteroatoms. The van der Waals surface area contributed by atoms with Crippen LogP contribution in [0.25, 0.3) is 0 Å². The summed E-state index contributed by atoms with van der Waals surface area (Å²) in [4.78, 5) is 2.21. The van der Waals surface area contributed by atoms with Crippen LogP contribution in [0.4, 0.5) is 5.69 Å². The molecular formula is C16H24N2O3. The van der Waals surface area contributed by atoms with Crippen LogP contribution in [0, 0.1) is 0 Å². The molecule has 0 saturated carbocycles. The number of hydrogen-bond donors (Lipinski definition) is 2. The van der Waals surface area contributed by atoms with Crippen LogP contribution in [0.5, 0.6) is 5.75 Å². The van der Waals surface area contributed by atoms with Crippen molar-refractivity contribution in [2.24, 2.45) is 0 Å². The number of nitrogens with zero attached hydrogens (tertiary/aromatic N) is 1. The van der Waals surface area contributed by atoms with E-state index in [-0.39, 0.29) is 12.7 Å². The third-order valence-corrected chi connectivity index (χ3v) is 4.20. The van der Waals surface area contributed by atoms with Crippen molar-refractivity contribution in [3.8, 4) is 5.75 Å². The minimum Gasteiger partial charge on any atom is -0.484 e. The summed E-state index contributed by atoms with van der Waals surface area (Å²) in [6, 6.07) is 4.43. The van der Waals surface area contributed by atoms with Gasteiger partial charge in [0.15, 0.2) is 0 Å². The zero-order chi connectivity index (χ0) is 14.7. The molecule has 1 atom stereocenters. The van der Waals surface area contributed by atoms with Gasteiger partial charge in [0.25, 0.3) is 0 Å². The molecule has 21 heavy (non-hydrogen) atoms. The zero-order valence-electron chi connectivity index (χ0n) is 12.6. The van der Waals surface area contributed by atoms with Crippen molar-refractivity contribution in [2.75, 3.05) is 51.4 Å². The lowest BCUT2D eigenvalue weighted by Gasteiger charge is -2.36. The first-order valence-electron chi connectivity index (χ1n) is 7.69. The molecule has 0 unspecified atom stereocenters. The number of rotatable bonds is 4. The summed E-state index contributed by atoms with van der Waals surface area (Å²) < 4.78 is 11.3. The average Bonchev–Trinajstić information content (AvgIpc) is 2.71.